The lowest BCUT2D eigenvalue weighted by Crippen LogP contribution is -2.07. The second kappa shape index (κ2) is 11.0. The zero-order chi connectivity index (χ0) is 33.5. The van der Waals surface area contributed by atoms with Crippen molar-refractivity contribution in [2.24, 2.45) is 0 Å². The van der Waals surface area contributed by atoms with Crippen LogP contribution in [0.5, 0.6) is 0 Å². The molecule has 0 saturated heterocycles. The van der Waals surface area contributed by atoms with Crippen molar-refractivity contribution in [3.05, 3.63) is 164 Å². The summed E-state index contributed by atoms with van der Waals surface area (Å²) in [5.74, 6) is 1.90. The van der Waals surface area contributed by atoms with Crippen LogP contribution < -0.4 is 0 Å². The highest BCUT2D eigenvalue weighted by atomic mass is 32.2. The summed E-state index contributed by atoms with van der Waals surface area (Å²) >= 11 is 1.84. The van der Waals surface area contributed by atoms with Crippen molar-refractivity contribution in [3.63, 3.8) is 0 Å². The average molecular weight is 670 g/mol. The van der Waals surface area contributed by atoms with E-state index in [0.717, 1.165) is 38.9 Å². The van der Waals surface area contributed by atoms with Crippen molar-refractivity contribution in [2.45, 2.75) is 9.79 Å². The monoisotopic (exact) mass is 669 g/mol. The number of nitrogens with zero attached hydrogens (tertiary/aromatic N) is 5. The summed E-state index contributed by atoms with van der Waals surface area (Å²) in [6, 6.07) is 57.7. The molecule has 10 aromatic rings. The van der Waals surface area contributed by atoms with Crippen molar-refractivity contribution in [2.75, 3.05) is 0 Å². The molecule has 0 aliphatic carbocycles. The van der Waals surface area contributed by atoms with E-state index in [1.807, 2.05) is 30.0 Å². The van der Waals surface area contributed by atoms with E-state index in [0.29, 0.717) is 17.5 Å². The number of rotatable bonds is 4. The van der Waals surface area contributed by atoms with E-state index in [1.54, 1.807) is 0 Å². The van der Waals surface area contributed by atoms with E-state index >= 15 is 0 Å². The van der Waals surface area contributed by atoms with Crippen LogP contribution in [0.4, 0.5) is 0 Å². The quantitative estimate of drug-likeness (QED) is 0.187. The lowest BCUT2D eigenvalue weighted by molar-refractivity contribution is 1.02. The minimum Gasteiger partial charge on any atom is -0.294 e. The van der Waals surface area contributed by atoms with E-state index in [4.69, 9.17) is 15.0 Å². The van der Waals surface area contributed by atoms with Gasteiger partial charge in [-0.15, -0.1) is 0 Å². The molecule has 0 bridgehead atoms. The molecule has 0 unspecified atom stereocenters. The molecule has 5 nitrogen and oxygen atoms in total. The van der Waals surface area contributed by atoms with Crippen LogP contribution in [0.3, 0.4) is 0 Å². The van der Waals surface area contributed by atoms with Crippen LogP contribution in [0.25, 0.3) is 89.2 Å². The minimum atomic E-state index is 0.625. The molecule has 238 valence electrons. The van der Waals surface area contributed by atoms with Gasteiger partial charge in [-0.2, -0.15) is 0 Å². The number of para-hydroxylation sites is 4. The predicted octanol–water partition coefficient (Wildman–Crippen LogP) is 11.5. The fourth-order valence-electron chi connectivity index (χ4n) is 7.70. The summed E-state index contributed by atoms with van der Waals surface area (Å²) in [4.78, 5) is 18.0. The van der Waals surface area contributed by atoms with Crippen molar-refractivity contribution in [1.29, 1.82) is 0 Å². The van der Waals surface area contributed by atoms with E-state index < -0.39 is 0 Å². The number of benzene rings is 7. The van der Waals surface area contributed by atoms with Crippen LogP contribution in [0.2, 0.25) is 0 Å². The van der Waals surface area contributed by atoms with Crippen LogP contribution >= 0.6 is 11.8 Å². The maximum atomic E-state index is 5.24. The summed E-state index contributed by atoms with van der Waals surface area (Å²) in [5, 5.41) is 6.03. The zero-order valence-electron chi connectivity index (χ0n) is 27.2. The standard InChI is InChI=1S/C45H27N5S/c1-2-14-29(15-3-1)42-46-43(31-26-25-28-13-4-5-16-30(28)27-31)48-44(47-42)33-18-7-9-21-36(33)49-35-20-8-6-17-32(35)40-34-19-12-24-39-41(34)50(45(40)49)37-22-10-11-23-38(37)51-39/h1-27H. The third-order valence-electron chi connectivity index (χ3n) is 9.94. The second-order valence-electron chi connectivity index (χ2n) is 12.9. The predicted molar refractivity (Wildman–Crippen MR) is 209 cm³/mol. The largest absolute Gasteiger partial charge is 0.294 e. The third-order valence-corrected chi connectivity index (χ3v) is 11.1. The molecule has 51 heavy (non-hydrogen) atoms. The fraction of sp³-hybridized carbons (Fsp3) is 0. The highest BCUT2D eigenvalue weighted by Gasteiger charge is 2.28. The zero-order valence-corrected chi connectivity index (χ0v) is 28.0. The van der Waals surface area contributed by atoms with Crippen LogP contribution in [0, 0.1) is 0 Å². The summed E-state index contributed by atoms with van der Waals surface area (Å²) in [5.41, 5.74) is 8.53. The van der Waals surface area contributed by atoms with Crippen molar-refractivity contribution >= 4 is 55.4 Å². The van der Waals surface area contributed by atoms with Crippen LogP contribution in [-0.2, 0) is 0 Å². The first-order valence-electron chi connectivity index (χ1n) is 17.0. The van der Waals surface area contributed by atoms with Gasteiger partial charge in [0.15, 0.2) is 17.5 Å². The van der Waals surface area contributed by atoms with Gasteiger partial charge < -0.3 is 0 Å². The molecule has 0 spiro atoms. The molecule has 1 aliphatic rings. The Bertz CT molecular complexity index is 3010. The lowest BCUT2D eigenvalue weighted by atomic mass is 10.1. The lowest BCUT2D eigenvalue weighted by Gasteiger charge is -2.21. The topological polar surface area (TPSA) is 48.5 Å². The minimum absolute atomic E-state index is 0.625. The summed E-state index contributed by atoms with van der Waals surface area (Å²) in [7, 11) is 0. The van der Waals surface area contributed by atoms with Crippen molar-refractivity contribution in [3.8, 4) is 45.5 Å². The summed E-state index contributed by atoms with van der Waals surface area (Å²) < 4.78 is 4.88. The first kappa shape index (κ1) is 28.3. The molecule has 0 radical (unpaired) electrons. The highest BCUT2D eigenvalue weighted by molar-refractivity contribution is 7.99. The molecule has 11 rings (SSSR count). The summed E-state index contributed by atoms with van der Waals surface area (Å²) in [6.45, 7) is 0. The Balaban J connectivity index is 1.23. The second-order valence-corrected chi connectivity index (χ2v) is 13.9. The normalized spacial score (nSPS) is 12.2. The summed E-state index contributed by atoms with van der Waals surface area (Å²) in [6.07, 6.45) is 0. The molecule has 0 saturated carbocycles. The van der Waals surface area contributed by atoms with Crippen molar-refractivity contribution < 1.29 is 0 Å². The van der Waals surface area contributed by atoms with Gasteiger partial charge in [0.2, 0.25) is 0 Å². The van der Waals surface area contributed by atoms with Gasteiger partial charge in [-0.1, -0.05) is 133 Å². The molecule has 0 amide bonds. The third kappa shape index (κ3) is 4.27. The molecular formula is C45H27N5S. The van der Waals surface area contributed by atoms with Gasteiger partial charge in [0.1, 0.15) is 5.65 Å². The van der Waals surface area contributed by atoms with Gasteiger partial charge in [-0.3, -0.25) is 9.13 Å². The molecule has 1 aliphatic heterocycles. The van der Waals surface area contributed by atoms with Gasteiger partial charge in [0.25, 0.3) is 0 Å². The maximum Gasteiger partial charge on any atom is 0.166 e. The molecule has 0 N–H and O–H groups in total. The number of hydrogen-bond donors (Lipinski definition) is 0. The maximum absolute atomic E-state index is 5.24. The van der Waals surface area contributed by atoms with Gasteiger partial charge in [-0.25, -0.2) is 15.0 Å². The highest BCUT2D eigenvalue weighted by Crippen LogP contribution is 2.49. The first-order chi connectivity index (χ1) is 25.3. The van der Waals surface area contributed by atoms with Gasteiger partial charge in [0, 0.05) is 42.6 Å². The first-order valence-corrected chi connectivity index (χ1v) is 17.9. The number of aromatic nitrogens is 5. The van der Waals surface area contributed by atoms with E-state index in [-0.39, 0.29) is 0 Å². The Kier molecular flexibility index (Phi) is 6.12. The molecule has 4 heterocycles. The Morgan fingerprint density at radius 1 is 0.431 bits per heavy atom. The molecule has 0 atom stereocenters. The number of fused-ring (bicyclic) bond motifs is 8. The van der Waals surface area contributed by atoms with E-state index in [2.05, 4.69) is 155 Å². The van der Waals surface area contributed by atoms with Gasteiger partial charge >= 0.3 is 0 Å². The Morgan fingerprint density at radius 3 is 2.00 bits per heavy atom. The number of hydrogen-bond acceptors (Lipinski definition) is 4. The van der Waals surface area contributed by atoms with Crippen LogP contribution in [-0.4, -0.2) is 24.1 Å². The Morgan fingerprint density at radius 2 is 1.10 bits per heavy atom. The van der Waals surface area contributed by atoms with Crippen LogP contribution in [0.1, 0.15) is 0 Å². The Hall–Kier alpha value is -6.50. The smallest absolute Gasteiger partial charge is 0.166 e. The molecular weight excluding hydrogens is 643 g/mol. The SMILES string of the molecule is c1ccc(-c2nc(-c3ccc4ccccc4c3)nc(-c3ccccc3-n3c4ccccc4c4c5cccc6c5n(c43)-c3ccccc3S6)n2)cc1. The van der Waals surface area contributed by atoms with E-state index in [9.17, 15) is 0 Å². The van der Waals surface area contributed by atoms with Crippen LogP contribution in [0.15, 0.2) is 174 Å². The molecule has 3 aromatic heterocycles. The Labute approximate surface area is 297 Å². The molecule has 0 fully saturated rings. The molecule has 6 heteroatoms. The van der Waals surface area contributed by atoms with Crippen molar-refractivity contribution in [1.82, 2.24) is 24.1 Å². The average Bonchev–Trinajstić information content (AvgIpc) is 3.72. The van der Waals surface area contributed by atoms with Gasteiger partial charge in [-0.05, 0) is 53.2 Å². The molecule has 7 aromatic carbocycles. The fourth-order valence-corrected chi connectivity index (χ4v) is 8.79. The van der Waals surface area contributed by atoms with Gasteiger partial charge in [0.05, 0.1) is 22.4 Å². The van der Waals surface area contributed by atoms with E-state index in [1.165, 1.54) is 42.5 Å².